The van der Waals surface area contributed by atoms with Crippen molar-refractivity contribution >= 4 is 11.6 Å². The summed E-state index contributed by atoms with van der Waals surface area (Å²) in [5.74, 6) is 1.68. The zero-order chi connectivity index (χ0) is 12.8. The largest absolute Gasteiger partial charge is 0.477 e. The van der Waals surface area contributed by atoms with Crippen LogP contribution in [0.25, 0.3) is 0 Å². The van der Waals surface area contributed by atoms with Gasteiger partial charge in [-0.15, -0.1) is 0 Å². The van der Waals surface area contributed by atoms with Crippen molar-refractivity contribution in [3.05, 3.63) is 24.3 Å². The Bertz CT molecular complexity index is 517. The molecule has 0 aromatic heterocycles. The lowest BCUT2D eigenvalue weighted by atomic mass is 10.1. The van der Waals surface area contributed by atoms with Crippen LogP contribution >= 0.6 is 0 Å². The smallest absolute Gasteiger partial charge is 0.265 e. The van der Waals surface area contributed by atoms with Crippen molar-refractivity contribution in [2.75, 3.05) is 18.4 Å². The van der Waals surface area contributed by atoms with E-state index in [4.69, 9.17) is 4.74 Å². The van der Waals surface area contributed by atoms with E-state index in [1.807, 2.05) is 24.3 Å². The summed E-state index contributed by atoms with van der Waals surface area (Å²) in [5, 5.41) is 3.29. The van der Waals surface area contributed by atoms with E-state index in [0.29, 0.717) is 12.6 Å². The molecule has 19 heavy (non-hydrogen) atoms. The van der Waals surface area contributed by atoms with E-state index in [1.54, 1.807) is 0 Å². The second-order valence-electron chi connectivity index (χ2n) is 5.81. The molecular weight excluding hydrogens is 240 g/mol. The minimum atomic E-state index is -0.366. The minimum Gasteiger partial charge on any atom is -0.477 e. The standard InChI is InChI=1S/C15H18N2O2/c18-15(17-9-10-5-6-11(17)7-10)14-8-16-12-3-1-2-4-13(12)19-14/h1-4,10-11,14,16H,5-9H2. The molecule has 1 amide bonds. The molecule has 3 aliphatic rings. The number of benzene rings is 1. The third-order valence-electron chi connectivity index (χ3n) is 4.60. The van der Waals surface area contributed by atoms with Crippen molar-refractivity contribution in [1.82, 2.24) is 4.90 Å². The first-order chi connectivity index (χ1) is 9.31. The second kappa shape index (κ2) is 4.15. The number of amides is 1. The molecule has 1 saturated carbocycles. The second-order valence-corrected chi connectivity index (χ2v) is 5.81. The lowest BCUT2D eigenvalue weighted by molar-refractivity contribution is -0.140. The van der Waals surface area contributed by atoms with Gasteiger partial charge in [0.15, 0.2) is 6.10 Å². The number of ether oxygens (including phenoxy) is 1. The number of fused-ring (bicyclic) bond motifs is 3. The van der Waals surface area contributed by atoms with Gasteiger partial charge in [-0.05, 0) is 37.3 Å². The quantitative estimate of drug-likeness (QED) is 0.836. The molecule has 1 saturated heterocycles. The molecule has 100 valence electrons. The van der Waals surface area contributed by atoms with Crippen LogP contribution in [0.5, 0.6) is 5.75 Å². The van der Waals surface area contributed by atoms with E-state index in [2.05, 4.69) is 10.2 Å². The molecule has 1 aromatic rings. The molecule has 3 unspecified atom stereocenters. The topological polar surface area (TPSA) is 41.6 Å². The lowest BCUT2D eigenvalue weighted by Crippen LogP contribution is -2.49. The molecule has 4 heteroatoms. The molecule has 2 fully saturated rings. The fourth-order valence-electron chi connectivity index (χ4n) is 3.63. The molecular formula is C15H18N2O2. The Morgan fingerprint density at radius 3 is 3.00 bits per heavy atom. The maximum atomic E-state index is 12.6. The monoisotopic (exact) mass is 258 g/mol. The zero-order valence-corrected chi connectivity index (χ0v) is 10.8. The maximum Gasteiger partial charge on any atom is 0.265 e. The van der Waals surface area contributed by atoms with Gasteiger partial charge in [0.2, 0.25) is 0 Å². The van der Waals surface area contributed by atoms with Crippen LogP contribution in [0.15, 0.2) is 24.3 Å². The lowest BCUT2D eigenvalue weighted by Gasteiger charge is -2.33. The van der Waals surface area contributed by atoms with E-state index >= 15 is 0 Å². The van der Waals surface area contributed by atoms with Gasteiger partial charge in [-0.1, -0.05) is 12.1 Å². The van der Waals surface area contributed by atoms with Crippen LogP contribution in [0.4, 0.5) is 5.69 Å². The molecule has 4 rings (SSSR count). The first-order valence-corrected chi connectivity index (χ1v) is 7.11. The summed E-state index contributed by atoms with van der Waals surface area (Å²) in [4.78, 5) is 14.6. The van der Waals surface area contributed by atoms with E-state index in [1.165, 1.54) is 19.3 Å². The summed E-state index contributed by atoms with van der Waals surface area (Å²) < 4.78 is 5.86. The van der Waals surface area contributed by atoms with Crippen LogP contribution in [0, 0.1) is 5.92 Å². The fraction of sp³-hybridized carbons (Fsp3) is 0.533. The first-order valence-electron chi connectivity index (χ1n) is 7.11. The molecule has 2 bridgehead atoms. The van der Waals surface area contributed by atoms with E-state index < -0.39 is 0 Å². The predicted molar refractivity (Wildman–Crippen MR) is 72.2 cm³/mol. The fourth-order valence-corrected chi connectivity index (χ4v) is 3.63. The van der Waals surface area contributed by atoms with Gasteiger partial charge >= 0.3 is 0 Å². The Morgan fingerprint density at radius 2 is 2.21 bits per heavy atom. The van der Waals surface area contributed by atoms with Crippen molar-refractivity contribution in [2.24, 2.45) is 5.92 Å². The number of likely N-dealkylation sites (tertiary alicyclic amines) is 1. The first kappa shape index (κ1) is 11.1. The van der Waals surface area contributed by atoms with Gasteiger partial charge in [0.25, 0.3) is 5.91 Å². The highest BCUT2D eigenvalue weighted by atomic mass is 16.5. The molecule has 1 N–H and O–H groups in total. The summed E-state index contributed by atoms with van der Waals surface area (Å²) in [5.41, 5.74) is 0.981. The average molecular weight is 258 g/mol. The predicted octanol–water partition coefficient (Wildman–Crippen LogP) is 1.87. The van der Waals surface area contributed by atoms with Crippen LogP contribution in [0.2, 0.25) is 0 Å². The number of nitrogens with one attached hydrogen (secondary N) is 1. The highest BCUT2D eigenvalue weighted by molar-refractivity contribution is 5.83. The molecule has 4 nitrogen and oxygen atoms in total. The SMILES string of the molecule is O=C(C1CNc2ccccc2O1)N1CC2CCC1C2. The van der Waals surface area contributed by atoms with Crippen molar-refractivity contribution < 1.29 is 9.53 Å². The normalized spacial score (nSPS) is 31.6. The van der Waals surface area contributed by atoms with Crippen LogP contribution in [0.3, 0.4) is 0 Å². The van der Waals surface area contributed by atoms with E-state index in [0.717, 1.165) is 23.9 Å². The summed E-state index contributed by atoms with van der Waals surface area (Å²) in [6.45, 7) is 1.51. The number of piperidine rings is 1. The van der Waals surface area contributed by atoms with Gasteiger partial charge < -0.3 is 15.0 Å². The number of carbonyl (C=O) groups is 1. The number of hydrogen-bond acceptors (Lipinski definition) is 3. The molecule has 3 atom stereocenters. The highest BCUT2D eigenvalue weighted by Gasteiger charge is 2.43. The number of carbonyl (C=O) groups excluding carboxylic acids is 1. The molecule has 0 spiro atoms. The van der Waals surface area contributed by atoms with Gasteiger partial charge in [0.05, 0.1) is 12.2 Å². The third-order valence-corrected chi connectivity index (χ3v) is 4.60. The van der Waals surface area contributed by atoms with Crippen molar-refractivity contribution in [2.45, 2.75) is 31.4 Å². The van der Waals surface area contributed by atoms with Crippen molar-refractivity contribution in [3.8, 4) is 5.75 Å². The Morgan fingerprint density at radius 1 is 1.32 bits per heavy atom. The van der Waals surface area contributed by atoms with Crippen molar-refractivity contribution in [1.29, 1.82) is 0 Å². The van der Waals surface area contributed by atoms with Gasteiger partial charge in [0, 0.05) is 12.6 Å². The van der Waals surface area contributed by atoms with Gasteiger partial charge in [-0.3, -0.25) is 4.79 Å². The molecule has 2 heterocycles. The number of rotatable bonds is 1. The van der Waals surface area contributed by atoms with Crippen LogP contribution < -0.4 is 10.1 Å². The Balaban J connectivity index is 1.50. The molecule has 1 aliphatic carbocycles. The zero-order valence-electron chi connectivity index (χ0n) is 10.8. The number of nitrogens with zero attached hydrogens (tertiary/aromatic N) is 1. The summed E-state index contributed by atoms with van der Waals surface area (Å²) in [6.07, 6.45) is 3.30. The van der Waals surface area contributed by atoms with E-state index in [-0.39, 0.29) is 12.0 Å². The summed E-state index contributed by atoms with van der Waals surface area (Å²) in [7, 11) is 0. The summed E-state index contributed by atoms with van der Waals surface area (Å²) >= 11 is 0. The minimum absolute atomic E-state index is 0.161. The van der Waals surface area contributed by atoms with Crippen LogP contribution in [-0.4, -0.2) is 36.0 Å². The number of anilines is 1. The van der Waals surface area contributed by atoms with Gasteiger partial charge in [-0.2, -0.15) is 0 Å². The maximum absolute atomic E-state index is 12.6. The summed E-state index contributed by atoms with van der Waals surface area (Å²) in [6, 6.07) is 8.27. The molecule has 1 aromatic carbocycles. The van der Waals surface area contributed by atoms with Crippen LogP contribution in [0.1, 0.15) is 19.3 Å². The molecule has 0 radical (unpaired) electrons. The average Bonchev–Trinajstić information content (AvgIpc) is 3.08. The number of hydrogen-bond donors (Lipinski definition) is 1. The highest BCUT2D eigenvalue weighted by Crippen LogP contribution is 2.38. The van der Waals surface area contributed by atoms with Gasteiger partial charge in [0.1, 0.15) is 5.75 Å². The molecule has 2 aliphatic heterocycles. The number of para-hydroxylation sites is 2. The Kier molecular flexibility index (Phi) is 2.43. The van der Waals surface area contributed by atoms with Crippen LogP contribution in [-0.2, 0) is 4.79 Å². The Hall–Kier alpha value is -1.71. The van der Waals surface area contributed by atoms with E-state index in [9.17, 15) is 4.79 Å². The van der Waals surface area contributed by atoms with Gasteiger partial charge in [-0.25, -0.2) is 0 Å². The Labute approximate surface area is 112 Å². The third kappa shape index (κ3) is 1.78. The van der Waals surface area contributed by atoms with Crippen molar-refractivity contribution in [3.63, 3.8) is 0 Å².